The third-order valence-corrected chi connectivity index (χ3v) is 2.87. The van der Waals surface area contributed by atoms with Gasteiger partial charge < -0.3 is 9.73 Å². The number of oxazole rings is 1. The Morgan fingerprint density at radius 1 is 1.21 bits per heavy atom. The van der Waals surface area contributed by atoms with E-state index in [9.17, 15) is 4.79 Å². The normalized spacial score (nSPS) is 10.6. The molecule has 0 aliphatic rings. The maximum absolute atomic E-state index is 12.1. The van der Waals surface area contributed by atoms with Crippen LogP contribution in [0.4, 0.5) is 5.69 Å². The lowest BCUT2D eigenvalue weighted by atomic mass is 10.1. The fourth-order valence-electron chi connectivity index (χ4n) is 1.93. The molecule has 4 heteroatoms. The lowest BCUT2D eigenvalue weighted by molar-refractivity contribution is 0.102. The maximum atomic E-state index is 12.1. The summed E-state index contributed by atoms with van der Waals surface area (Å²) < 4.78 is 5.15. The fourth-order valence-corrected chi connectivity index (χ4v) is 1.93. The van der Waals surface area contributed by atoms with Crippen LogP contribution in [0.1, 0.15) is 15.9 Å². The first-order valence-corrected chi connectivity index (χ1v) is 5.94. The summed E-state index contributed by atoms with van der Waals surface area (Å²) in [6.07, 6.45) is 1.39. The molecule has 0 unspecified atom stereocenters. The zero-order valence-corrected chi connectivity index (χ0v) is 10.4. The van der Waals surface area contributed by atoms with E-state index in [2.05, 4.69) is 10.3 Å². The molecule has 1 aromatic heterocycles. The first kappa shape index (κ1) is 11.5. The predicted molar refractivity (Wildman–Crippen MR) is 73.1 cm³/mol. The fraction of sp³-hybridized carbons (Fsp3) is 0.0667. The van der Waals surface area contributed by atoms with E-state index in [1.165, 1.54) is 6.39 Å². The second-order valence-corrected chi connectivity index (χ2v) is 4.36. The molecular formula is C15H12N2O2. The molecule has 1 N–H and O–H groups in total. The number of amides is 1. The van der Waals surface area contributed by atoms with Gasteiger partial charge in [-0.15, -0.1) is 0 Å². The number of hydrogen-bond acceptors (Lipinski definition) is 3. The van der Waals surface area contributed by atoms with E-state index in [4.69, 9.17) is 4.42 Å². The van der Waals surface area contributed by atoms with E-state index >= 15 is 0 Å². The van der Waals surface area contributed by atoms with Gasteiger partial charge in [-0.25, -0.2) is 4.98 Å². The van der Waals surface area contributed by atoms with Crippen molar-refractivity contribution in [3.8, 4) is 0 Å². The molecule has 0 saturated carbocycles. The topological polar surface area (TPSA) is 55.1 Å². The summed E-state index contributed by atoms with van der Waals surface area (Å²) in [7, 11) is 0. The first-order chi connectivity index (χ1) is 9.22. The van der Waals surface area contributed by atoms with Crippen molar-refractivity contribution < 1.29 is 9.21 Å². The van der Waals surface area contributed by atoms with E-state index in [0.717, 1.165) is 11.1 Å². The van der Waals surface area contributed by atoms with Crippen molar-refractivity contribution in [3.63, 3.8) is 0 Å². The Morgan fingerprint density at radius 2 is 2.11 bits per heavy atom. The van der Waals surface area contributed by atoms with Gasteiger partial charge in [0, 0.05) is 11.3 Å². The Hall–Kier alpha value is -2.62. The van der Waals surface area contributed by atoms with Gasteiger partial charge in [0.05, 0.1) is 0 Å². The standard InChI is InChI=1S/C15H12N2O2/c1-10-3-2-4-11(7-10)15(18)17-12-5-6-14-13(8-12)16-9-19-14/h2-9H,1H3,(H,17,18). The van der Waals surface area contributed by atoms with Crippen molar-refractivity contribution >= 4 is 22.7 Å². The number of nitrogens with one attached hydrogen (secondary N) is 1. The molecule has 0 spiro atoms. The summed E-state index contributed by atoms with van der Waals surface area (Å²) in [5.41, 5.74) is 3.82. The van der Waals surface area contributed by atoms with Crippen LogP contribution in [-0.4, -0.2) is 10.9 Å². The highest BCUT2D eigenvalue weighted by Crippen LogP contribution is 2.18. The lowest BCUT2D eigenvalue weighted by Crippen LogP contribution is -2.11. The maximum Gasteiger partial charge on any atom is 0.255 e. The largest absolute Gasteiger partial charge is 0.443 e. The van der Waals surface area contributed by atoms with Crippen LogP contribution < -0.4 is 5.32 Å². The van der Waals surface area contributed by atoms with Crippen LogP contribution in [0.25, 0.3) is 11.1 Å². The molecule has 0 fully saturated rings. The molecule has 1 heterocycles. The average Bonchev–Trinajstić information content (AvgIpc) is 2.86. The second kappa shape index (κ2) is 4.57. The number of aromatic nitrogens is 1. The van der Waals surface area contributed by atoms with Crippen molar-refractivity contribution in [1.29, 1.82) is 0 Å². The van der Waals surface area contributed by atoms with E-state index in [1.807, 2.05) is 25.1 Å². The van der Waals surface area contributed by atoms with Gasteiger partial charge in [-0.2, -0.15) is 0 Å². The predicted octanol–water partition coefficient (Wildman–Crippen LogP) is 3.39. The Balaban J connectivity index is 1.86. The Labute approximate surface area is 110 Å². The molecule has 1 amide bonds. The van der Waals surface area contributed by atoms with Crippen LogP contribution in [-0.2, 0) is 0 Å². The van der Waals surface area contributed by atoms with Crippen LogP contribution in [0.15, 0.2) is 53.3 Å². The van der Waals surface area contributed by atoms with Crippen LogP contribution >= 0.6 is 0 Å². The van der Waals surface area contributed by atoms with E-state index in [1.54, 1.807) is 24.3 Å². The number of aryl methyl sites for hydroxylation is 1. The third kappa shape index (κ3) is 2.33. The van der Waals surface area contributed by atoms with Gasteiger partial charge in [0.15, 0.2) is 12.0 Å². The number of hydrogen-bond donors (Lipinski definition) is 1. The number of rotatable bonds is 2. The van der Waals surface area contributed by atoms with Crippen molar-refractivity contribution in [2.75, 3.05) is 5.32 Å². The van der Waals surface area contributed by atoms with Gasteiger partial charge >= 0.3 is 0 Å². The minimum absolute atomic E-state index is 0.133. The highest BCUT2D eigenvalue weighted by Gasteiger charge is 2.07. The molecule has 0 aliphatic heterocycles. The minimum Gasteiger partial charge on any atom is -0.443 e. The zero-order chi connectivity index (χ0) is 13.2. The zero-order valence-electron chi connectivity index (χ0n) is 10.4. The quantitative estimate of drug-likeness (QED) is 0.760. The SMILES string of the molecule is Cc1cccc(C(=O)Nc2ccc3ocnc3c2)c1. The summed E-state index contributed by atoms with van der Waals surface area (Å²) >= 11 is 0. The van der Waals surface area contributed by atoms with Crippen molar-refractivity contribution in [2.24, 2.45) is 0 Å². The van der Waals surface area contributed by atoms with Gasteiger partial charge in [-0.3, -0.25) is 4.79 Å². The molecule has 4 nitrogen and oxygen atoms in total. The highest BCUT2D eigenvalue weighted by molar-refractivity contribution is 6.05. The van der Waals surface area contributed by atoms with Crippen LogP contribution in [0.3, 0.4) is 0 Å². The molecule has 0 radical (unpaired) electrons. The van der Waals surface area contributed by atoms with Crippen LogP contribution in [0.2, 0.25) is 0 Å². The average molecular weight is 252 g/mol. The number of nitrogens with zero attached hydrogens (tertiary/aromatic N) is 1. The number of benzene rings is 2. The highest BCUT2D eigenvalue weighted by atomic mass is 16.3. The first-order valence-electron chi connectivity index (χ1n) is 5.94. The van der Waals surface area contributed by atoms with E-state index < -0.39 is 0 Å². The number of carbonyl (C=O) groups is 1. The molecule has 0 bridgehead atoms. The van der Waals surface area contributed by atoms with Crippen molar-refractivity contribution in [1.82, 2.24) is 4.98 Å². The molecule has 94 valence electrons. The third-order valence-electron chi connectivity index (χ3n) is 2.87. The summed E-state index contributed by atoms with van der Waals surface area (Å²) in [6, 6.07) is 12.8. The summed E-state index contributed by atoms with van der Waals surface area (Å²) in [4.78, 5) is 16.1. The molecule has 2 aromatic carbocycles. The minimum atomic E-state index is -0.133. The molecule has 3 rings (SSSR count). The molecular weight excluding hydrogens is 240 g/mol. The van der Waals surface area contributed by atoms with Gasteiger partial charge in [-0.05, 0) is 37.3 Å². The summed E-state index contributed by atoms with van der Waals surface area (Å²) in [5.74, 6) is -0.133. The monoisotopic (exact) mass is 252 g/mol. The summed E-state index contributed by atoms with van der Waals surface area (Å²) in [6.45, 7) is 1.96. The van der Waals surface area contributed by atoms with Crippen molar-refractivity contribution in [2.45, 2.75) is 6.92 Å². The Bertz CT molecular complexity index is 746. The smallest absolute Gasteiger partial charge is 0.255 e. The van der Waals surface area contributed by atoms with E-state index in [-0.39, 0.29) is 5.91 Å². The number of fused-ring (bicyclic) bond motifs is 1. The summed E-state index contributed by atoms with van der Waals surface area (Å²) in [5, 5.41) is 2.85. The molecule has 0 aliphatic carbocycles. The van der Waals surface area contributed by atoms with Crippen LogP contribution in [0.5, 0.6) is 0 Å². The van der Waals surface area contributed by atoms with Gasteiger partial charge in [0.25, 0.3) is 5.91 Å². The van der Waals surface area contributed by atoms with Gasteiger partial charge in [-0.1, -0.05) is 17.7 Å². The molecule has 19 heavy (non-hydrogen) atoms. The van der Waals surface area contributed by atoms with Crippen LogP contribution in [0, 0.1) is 6.92 Å². The van der Waals surface area contributed by atoms with Gasteiger partial charge in [0.1, 0.15) is 5.52 Å². The lowest BCUT2D eigenvalue weighted by Gasteiger charge is -2.05. The van der Waals surface area contributed by atoms with Crippen molar-refractivity contribution in [3.05, 3.63) is 60.0 Å². The van der Waals surface area contributed by atoms with Gasteiger partial charge in [0.2, 0.25) is 0 Å². The molecule has 0 atom stereocenters. The Kier molecular flexibility index (Phi) is 2.76. The second-order valence-electron chi connectivity index (χ2n) is 4.36. The number of carbonyl (C=O) groups excluding carboxylic acids is 1. The van der Waals surface area contributed by atoms with E-state index in [0.29, 0.717) is 16.8 Å². The number of anilines is 1. The molecule has 0 saturated heterocycles. The molecule has 3 aromatic rings. The Morgan fingerprint density at radius 3 is 2.95 bits per heavy atom.